The van der Waals surface area contributed by atoms with Gasteiger partial charge >= 0.3 is 0 Å². The number of allylic oxidation sites excluding steroid dienone is 1. The van der Waals surface area contributed by atoms with E-state index in [0.717, 1.165) is 24.4 Å². The molecule has 1 rings (SSSR count). The second-order valence-corrected chi connectivity index (χ2v) is 3.31. The van der Waals surface area contributed by atoms with Crippen molar-refractivity contribution in [2.75, 3.05) is 13.7 Å². The van der Waals surface area contributed by atoms with E-state index in [1.807, 2.05) is 19.1 Å². The molecule has 1 N–H and O–H groups in total. The Balaban J connectivity index is 2.40. The summed E-state index contributed by atoms with van der Waals surface area (Å²) in [6, 6.07) is 8.13. The summed E-state index contributed by atoms with van der Waals surface area (Å²) in [6.45, 7) is 6.68. The van der Waals surface area contributed by atoms with E-state index in [4.69, 9.17) is 4.74 Å². The predicted octanol–water partition coefficient (Wildman–Crippen LogP) is 2.36. The maximum Gasteiger partial charge on any atom is 0.118 e. The molecule has 14 heavy (non-hydrogen) atoms. The third-order valence-electron chi connectivity index (χ3n) is 2.00. The van der Waals surface area contributed by atoms with Crippen molar-refractivity contribution in [1.29, 1.82) is 0 Å². The van der Waals surface area contributed by atoms with Gasteiger partial charge in [-0.25, -0.2) is 0 Å². The van der Waals surface area contributed by atoms with E-state index in [2.05, 4.69) is 24.0 Å². The summed E-state index contributed by atoms with van der Waals surface area (Å²) < 4.78 is 5.08. The fraction of sp³-hybridized carbons (Fsp3) is 0.333. The van der Waals surface area contributed by atoms with E-state index in [0.29, 0.717) is 0 Å². The number of hydrogen-bond acceptors (Lipinski definition) is 2. The first kappa shape index (κ1) is 10.6. The summed E-state index contributed by atoms with van der Waals surface area (Å²) in [4.78, 5) is 0. The molecule has 0 aliphatic heterocycles. The Morgan fingerprint density at radius 2 is 2.00 bits per heavy atom. The molecule has 1 aromatic carbocycles. The molecule has 0 bridgehead atoms. The molecule has 0 aliphatic rings. The normalized spacial score (nSPS) is 9.57. The van der Waals surface area contributed by atoms with Gasteiger partial charge in [-0.2, -0.15) is 0 Å². The molecule has 0 aliphatic carbocycles. The van der Waals surface area contributed by atoms with E-state index in [1.54, 1.807) is 7.11 Å². The van der Waals surface area contributed by atoms with Crippen LogP contribution in [0.4, 0.5) is 0 Å². The zero-order valence-electron chi connectivity index (χ0n) is 8.84. The van der Waals surface area contributed by atoms with E-state index < -0.39 is 0 Å². The molecule has 0 radical (unpaired) electrons. The molecule has 0 unspecified atom stereocenters. The number of methoxy groups -OCH3 is 1. The summed E-state index contributed by atoms with van der Waals surface area (Å²) in [6.07, 6.45) is 1.01. The van der Waals surface area contributed by atoms with Crippen molar-refractivity contribution in [3.63, 3.8) is 0 Å². The van der Waals surface area contributed by atoms with E-state index in [9.17, 15) is 0 Å². The van der Waals surface area contributed by atoms with Gasteiger partial charge in [0.15, 0.2) is 0 Å². The lowest BCUT2D eigenvalue weighted by molar-refractivity contribution is 0.414. The number of nitrogens with one attached hydrogen (secondary N) is 1. The third-order valence-corrected chi connectivity index (χ3v) is 2.00. The lowest BCUT2D eigenvalue weighted by atomic mass is 10.1. The minimum atomic E-state index is 0.904. The van der Waals surface area contributed by atoms with Gasteiger partial charge in [0.25, 0.3) is 0 Å². The monoisotopic (exact) mass is 191 g/mol. The van der Waals surface area contributed by atoms with Gasteiger partial charge in [0, 0.05) is 12.2 Å². The van der Waals surface area contributed by atoms with Crippen LogP contribution in [-0.2, 0) is 6.42 Å². The van der Waals surface area contributed by atoms with Crippen molar-refractivity contribution >= 4 is 0 Å². The van der Waals surface area contributed by atoms with Gasteiger partial charge in [-0.15, -0.1) is 0 Å². The van der Waals surface area contributed by atoms with Gasteiger partial charge in [0.2, 0.25) is 0 Å². The van der Waals surface area contributed by atoms with Crippen LogP contribution in [0, 0.1) is 0 Å². The molecule has 0 heterocycles. The Morgan fingerprint density at radius 1 is 1.36 bits per heavy atom. The predicted molar refractivity (Wildman–Crippen MR) is 59.5 cm³/mol. The van der Waals surface area contributed by atoms with Crippen molar-refractivity contribution in [3.8, 4) is 5.75 Å². The Morgan fingerprint density at radius 3 is 2.50 bits per heavy atom. The summed E-state index contributed by atoms with van der Waals surface area (Å²) >= 11 is 0. The molecule has 0 atom stereocenters. The molecular formula is C12H17NO. The summed E-state index contributed by atoms with van der Waals surface area (Å²) in [5, 5.41) is 3.20. The van der Waals surface area contributed by atoms with Crippen LogP contribution < -0.4 is 10.1 Å². The lowest BCUT2D eigenvalue weighted by Gasteiger charge is -2.05. The van der Waals surface area contributed by atoms with Gasteiger partial charge in [-0.3, -0.25) is 0 Å². The van der Waals surface area contributed by atoms with E-state index >= 15 is 0 Å². The highest BCUT2D eigenvalue weighted by atomic mass is 16.5. The maximum absolute atomic E-state index is 5.08. The molecule has 76 valence electrons. The lowest BCUT2D eigenvalue weighted by Crippen LogP contribution is -2.13. The van der Waals surface area contributed by atoms with Crippen LogP contribution in [0.15, 0.2) is 36.5 Å². The SMILES string of the molecule is C=C(C)NCCc1ccc(OC)cc1. The molecule has 0 fully saturated rings. The highest BCUT2D eigenvalue weighted by molar-refractivity contribution is 5.27. The van der Waals surface area contributed by atoms with Gasteiger partial charge < -0.3 is 10.1 Å². The maximum atomic E-state index is 5.08. The van der Waals surface area contributed by atoms with Crippen molar-refractivity contribution in [2.24, 2.45) is 0 Å². The Bertz CT molecular complexity index is 290. The van der Waals surface area contributed by atoms with E-state index in [-0.39, 0.29) is 0 Å². The highest BCUT2D eigenvalue weighted by Gasteiger charge is 1.93. The Hall–Kier alpha value is -1.44. The second kappa shape index (κ2) is 5.32. The van der Waals surface area contributed by atoms with Crippen LogP contribution in [0.2, 0.25) is 0 Å². The zero-order valence-corrected chi connectivity index (χ0v) is 8.84. The second-order valence-electron chi connectivity index (χ2n) is 3.31. The van der Waals surface area contributed by atoms with Crippen LogP contribution in [0.1, 0.15) is 12.5 Å². The van der Waals surface area contributed by atoms with Gasteiger partial charge in [-0.1, -0.05) is 18.7 Å². The largest absolute Gasteiger partial charge is 0.497 e. The Kier molecular flexibility index (Phi) is 4.05. The van der Waals surface area contributed by atoms with Crippen molar-refractivity contribution in [1.82, 2.24) is 5.32 Å². The molecule has 0 saturated carbocycles. The molecule has 0 saturated heterocycles. The van der Waals surface area contributed by atoms with Crippen LogP contribution in [0.25, 0.3) is 0 Å². The minimum absolute atomic E-state index is 0.904. The average Bonchev–Trinajstić information content (AvgIpc) is 2.18. The van der Waals surface area contributed by atoms with Crippen molar-refractivity contribution in [3.05, 3.63) is 42.1 Å². The quantitative estimate of drug-likeness (QED) is 0.771. The first-order chi connectivity index (χ1) is 6.72. The first-order valence-electron chi connectivity index (χ1n) is 4.74. The third kappa shape index (κ3) is 3.52. The molecule has 1 aromatic rings. The van der Waals surface area contributed by atoms with Gasteiger partial charge in [0.1, 0.15) is 5.75 Å². The number of rotatable bonds is 5. The molecule has 0 amide bonds. The fourth-order valence-electron chi connectivity index (χ4n) is 1.21. The fourth-order valence-corrected chi connectivity index (χ4v) is 1.21. The molecular weight excluding hydrogens is 174 g/mol. The highest BCUT2D eigenvalue weighted by Crippen LogP contribution is 2.11. The average molecular weight is 191 g/mol. The minimum Gasteiger partial charge on any atom is -0.497 e. The molecule has 0 aromatic heterocycles. The Labute approximate surface area is 85.6 Å². The first-order valence-corrected chi connectivity index (χ1v) is 4.74. The number of ether oxygens (including phenoxy) is 1. The van der Waals surface area contributed by atoms with Crippen LogP contribution >= 0.6 is 0 Å². The van der Waals surface area contributed by atoms with Crippen LogP contribution in [0.3, 0.4) is 0 Å². The van der Waals surface area contributed by atoms with Crippen LogP contribution in [-0.4, -0.2) is 13.7 Å². The topological polar surface area (TPSA) is 21.3 Å². The van der Waals surface area contributed by atoms with Crippen LogP contribution in [0.5, 0.6) is 5.75 Å². The summed E-state index contributed by atoms with van der Waals surface area (Å²) in [5.41, 5.74) is 2.32. The summed E-state index contributed by atoms with van der Waals surface area (Å²) in [7, 11) is 1.68. The standard InChI is InChI=1S/C12H17NO/c1-10(2)13-9-8-11-4-6-12(14-3)7-5-11/h4-7,13H,1,8-9H2,2-3H3. The van der Waals surface area contributed by atoms with Gasteiger partial charge in [-0.05, 0) is 31.0 Å². The van der Waals surface area contributed by atoms with E-state index in [1.165, 1.54) is 5.56 Å². The smallest absolute Gasteiger partial charge is 0.118 e. The number of benzene rings is 1. The van der Waals surface area contributed by atoms with Crippen molar-refractivity contribution < 1.29 is 4.74 Å². The summed E-state index contributed by atoms with van der Waals surface area (Å²) in [5.74, 6) is 0.904. The van der Waals surface area contributed by atoms with Gasteiger partial charge in [0.05, 0.1) is 7.11 Å². The molecule has 2 heteroatoms. The molecule has 0 spiro atoms. The van der Waals surface area contributed by atoms with Crippen molar-refractivity contribution in [2.45, 2.75) is 13.3 Å². The zero-order chi connectivity index (χ0) is 10.4. The molecule has 2 nitrogen and oxygen atoms in total. The number of hydrogen-bond donors (Lipinski definition) is 1.